The second-order valence-corrected chi connectivity index (χ2v) is 7.19. The second-order valence-electron chi connectivity index (χ2n) is 7.19. The summed E-state index contributed by atoms with van der Waals surface area (Å²) in [5, 5.41) is 37.4. The Labute approximate surface area is 183 Å². The Morgan fingerprint density at radius 1 is 0.969 bits per heavy atom. The van der Waals surface area contributed by atoms with E-state index in [0.29, 0.717) is 11.5 Å². The number of phenolic OH excluding ortho intramolecular Hbond substituents is 2. The number of aryl methyl sites for hydroxylation is 2. The lowest BCUT2D eigenvalue weighted by atomic mass is 9.95. The van der Waals surface area contributed by atoms with Crippen molar-refractivity contribution < 1.29 is 44.1 Å². The van der Waals surface area contributed by atoms with Crippen molar-refractivity contribution >= 4 is 22.7 Å². The van der Waals surface area contributed by atoms with Crippen LogP contribution in [0.4, 0.5) is 0 Å². The molecule has 0 saturated heterocycles. The van der Waals surface area contributed by atoms with Crippen molar-refractivity contribution in [2.75, 3.05) is 14.2 Å². The Bertz CT molecular complexity index is 1170. The van der Waals surface area contributed by atoms with Gasteiger partial charge in [0.05, 0.1) is 38.0 Å². The fraction of sp³-hybridized carbons (Fsp3) is 0.261. The van der Waals surface area contributed by atoms with E-state index in [-0.39, 0.29) is 24.3 Å². The Balaban J connectivity index is 0.000000312. The highest BCUT2D eigenvalue weighted by molar-refractivity contribution is 5.91. The molecule has 1 aromatic heterocycles. The van der Waals surface area contributed by atoms with E-state index in [4.69, 9.17) is 19.7 Å². The van der Waals surface area contributed by atoms with Crippen LogP contribution in [-0.2, 0) is 22.6 Å². The van der Waals surface area contributed by atoms with Crippen molar-refractivity contribution in [2.45, 2.75) is 25.8 Å². The summed E-state index contributed by atoms with van der Waals surface area (Å²) in [5.74, 6) is -0.919. The Kier molecular flexibility index (Phi) is 6.67. The molecule has 2 heterocycles. The molecule has 4 N–H and O–H groups in total. The largest absolute Gasteiger partial charge is 0.504 e. The molecule has 1 aliphatic heterocycles. The van der Waals surface area contributed by atoms with Crippen LogP contribution in [0, 0.1) is 0 Å². The first-order valence-corrected chi connectivity index (χ1v) is 9.82. The normalized spacial score (nSPS) is 11.6. The van der Waals surface area contributed by atoms with E-state index >= 15 is 0 Å². The Morgan fingerprint density at radius 2 is 1.62 bits per heavy atom. The highest BCUT2D eigenvalue weighted by Crippen LogP contribution is 2.39. The summed E-state index contributed by atoms with van der Waals surface area (Å²) >= 11 is 0. The topological polar surface area (TPSA) is 137 Å². The number of aliphatic carboxylic acids is 2. The van der Waals surface area contributed by atoms with Crippen LogP contribution in [0.1, 0.15) is 18.4 Å². The summed E-state index contributed by atoms with van der Waals surface area (Å²) in [6.07, 6.45) is 2.25. The van der Waals surface area contributed by atoms with E-state index in [0.717, 1.165) is 40.6 Å². The van der Waals surface area contributed by atoms with Crippen molar-refractivity contribution in [3.8, 4) is 34.3 Å². The van der Waals surface area contributed by atoms with Crippen LogP contribution >= 0.6 is 0 Å². The van der Waals surface area contributed by atoms with E-state index in [9.17, 15) is 19.8 Å². The second kappa shape index (κ2) is 9.42. The van der Waals surface area contributed by atoms with Crippen molar-refractivity contribution in [2.24, 2.45) is 0 Å². The van der Waals surface area contributed by atoms with Crippen molar-refractivity contribution in [1.29, 1.82) is 0 Å². The molecule has 1 aliphatic rings. The number of rotatable bonds is 5. The number of phenols is 2. The van der Waals surface area contributed by atoms with E-state index in [1.54, 1.807) is 26.4 Å². The van der Waals surface area contributed by atoms with Gasteiger partial charge in [-0.15, -0.1) is 0 Å². The first-order valence-electron chi connectivity index (χ1n) is 9.82. The van der Waals surface area contributed by atoms with Crippen molar-refractivity contribution in [3.63, 3.8) is 0 Å². The summed E-state index contributed by atoms with van der Waals surface area (Å²) in [6, 6.07) is 9.23. The monoisotopic (exact) mass is 442 g/mol. The predicted molar refractivity (Wildman–Crippen MR) is 114 cm³/mol. The van der Waals surface area contributed by atoms with Crippen LogP contribution in [-0.4, -0.2) is 46.6 Å². The molecule has 2 aromatic carbocycles. The maximum atomic E-state index is 9.87. The quantitative estimate of drug-likeness (QED) is 0.350. The zero-order valence-corrected chi connectivity index (χ0v) is 17.7. The minimum Gasteiger partial charge on any atom is -0.504 e. The number of carboxylic acid groups (broad SMARTS) is 2. The summed E-state index contributed by atoms with van der Waals surface area (Å²) in [5.41, 5.74) is 2.98. The first-order chi connectivity index (χ1) is 15.2. The number of pyridine rings is 1. The molecule has 3 aromatic rings. The van der Waals surface area contributed by atoms with Crippen molar-refractivity contribution in [1.82, 2.24) is 0 Å². The molecular weight excluding hydrogens is 418 g/mol. The molecular formula is C23H24NO8+. The van der Waals surface area contributed by atoms with Gasteiger partial charge in [-0.2, -0.15) is 4.57 Å². The fourth-order valence-electron chi connectivity index (χ4n) is 3.62. The highest BCUT2D eigenvalue weighted by atomic mass is 16.5. The molecule has 0 unspecified atom stereocenters. The molecule has 0 saturated carbocycles. The van der Waals surface area contributed by atoms with E-state index in [1.807, 2.05) is 12.1 Å². The number of carboxylic acids is 2. The minimum absolute atomic E-state index is 0.0746. The lowest BCUT2D eigenvalue weighted by Crippen LogP contribution is -2.40. The van der Waals surface area contributed by atoms with Gasteiger partial charge >= 0.3 is 11.9 Å². The lowest BCUT2D eigenvalue weighted by molar-refractivity contribution is -0.686. The van der Waals surface area contributed by atoms with Crippen LogP contribution in [0.25, 0.3) is 22.0 Å². The number of hydrogen-bond donors (Lipinski definition) is 4. The number of aromatic nitrogens is 1. The molecule has 0 radical (unpaired) electrons. The molecule has 4 rings (SSSR count). The van der Waals surface area contributed by atoms with Crippen molar-refractivity contribution in [3.05, 3.63) is 42.1 Å². The average Bonchev–Trinajstić information content (AvgIpc) is 2.77. The van der Waals surface area contributed by atoms with Gasteiger partial charge in [0.1, 0.15) is 0 Å². The molecule has 0 spiro atoms. The molecule has 9 nitrogen and oxygen atoms in total. The highest BCUT2D eigenvalue weighted by Gasteiger charge is 2.26. The number of ether oxygens (including phenoxy) is 2. The molecule has 0 atom stereocenters. The van der Waals surface area contributed by atoms with Crippen LogP contribution in [0.15, 0.2) is 36.5 Å². The molecule has 0 fully saturated rings. The van der Waals surface area contributed by atoms with Gasteiger partial charge in [0.25, 0.3) is 0 Å². The van der Waals surface area contributed by atoms with Gasteiger partial charge < -0.3 is 29.9 Å². The van der Waals surface area contributed by atoms with Gasteiger partial charge in [0.2, 0.25) is 5.69 Å². The maximum absolute atomic E-state index is 9.87. The first kappa shape index (κ1) is 22.7. The van der Waals surface area contributed by atoms with Gasteiger partial charge in [0.15, 0.2) is 35.7 Å². The fourth-order valence-corrected chi connectivity index (χ4v) is 3.62. The Hall–Kier alpha value is -4.01. The molecule has 32 heavy (non-hydrogen) atoms. The van der Waals surface area contributed by atoms with Crippen LogP contribution < -0.4 is 14.0 Å². The van der Waals surface area contributed by atoms with E-state index in [2.05, 4.69) is 16.8 Å². The third kappa shape index (κ3) is 4.66. The van der Waals surface area contributed by atoms with Crippen LogP contribution in [0.5, 0.6) is 23.0 Å². The summed E-state index contributed by atoms with van der Waals surface area (Å²) in [7, 11) is 3.26. The van der Waals surface area contributed by atoms with Gasteiger partial charge in [-0.1, -0.05) is 0 Å². The zero-order chi connectivity index (χ0) is 23.4. The molecule has 168 valence electrons. The summed E-state index contributed by atoms with van der Waals surface area (Å²) in [4.78, 5) is 19.3. The molecule has 0 aliphatic carbocycles. The van der Waals surface area contributed by atoms with Gasteiger partial charge in [-0.3, -0.25) is 9.59 Å². The molecule has 0 bridgehead atoms. The number of nitrogens with zero attached hydrogens (tertiary/aromatic N) is 1. The summed E-state index contributed by atoms with van der Waals surface area (Å²) in [6.45, 7) is 0.794. The molecule has 0 amide bonds. The predicted octanol–water partition coefficient (Wildman–Crippen LogP) is 2.71. The van der Waals surface area contributed by atoms with Crippen LogP contribution in [0.3, 0.4) is 0 Å². The van der Waals surface area contributed by atoms with E-state index in [1.165, 1.54) is 0 Å². The number of carbonyl (C=O) groups is 2. The maximum Gasteiger partial charge on any atom is 0.303 e. The summed E-state index contributed by atoms with van der Waals surface area (Å²) < 4.78 is 13.1. The number of fused-ring (bicyclic) bond motifs is 4. The minimum atomic E-state index is -1.08. The van der Waals surface area contributed by atoms with Gasteiger partial charge in [-0.05, 0) is 35.2 Å². The number of benzene rings is 2. The third-order valence-electron chi connectivity index (χ3n) is 5.16. The number of aromatic hydroxyl groups is 2. The SMILES string of the molecule is COc1ccc2cc3[n+](cc2c1OC)CCc1cc(O)c(O)cc1-3.O=C(O)CCC(=O)O. The lowest BCUT2D eigenvalue weighted by Gasteiger charge is -2.17. The molecule has 9 heteroatoms. The smallest absolute Gasteiger partial charge is 0.303 e. The third-order valence-corrected chi connectivity index (χ3v) is 5.16. The van der Waals surface area contributed by atoms with Crippen LogP contribution in [0.2, 0.25) is 0 Å². The zero-order valence-electron chi connectivity index (χ0n) is 17.7. The Morgan fingerprint density at radius 3 is 2.22 bits per heavy atom. The average molecular weight is 442 g/mol. The van der Waals surface area contributed by atoms with Gasteiger partial charge in [0, 0.05) is 12.5 Å². The standard InChI is InChI=1S/C19H17NO4.C4H6O4/c1-23-18-4-3-11-7-15-13-9-17(22)16(21)8-12(13)5-6-20(15)10-14(11)19(18)24-2;5-3(6)1-2-4(7)8/h3-4,7-10,22H,5-6H2,1-2H3;1-2H2,(H,5,6)(H,7,8)/p+1. The van der Waals surface area contributed by atoms with E-state index < -0.39 is 11.9 Å². The number of methoxy groups -OCH3 is 2. The number of hydrogen-bond acceptors (Lipinski definition) is 6. The van der Waals surface area contributed by atoms with Gasteiger partial charge in [-0.25, -0.2) is 0 Å².